The normalized spacial score (nSPS) is 11.7. The van der Waals surface area contributed by atoms with Gasteiger partial charge >= 0.3 is 18.0 Å². The number of hydrogen-bond acceptors (Lipinski definition) is 5. The number of nitrogens with one attached hydrogen (secondary N) is 2. The van der Waals surface area contributed by atoms with Gasteiger partial charge in [-0.15, -0.1) is 11.3 Å². The molecular weight excluding hydrogens is 286 g/mol. The largest absolute Gasteiger partial charge is 0.481 e. The molecule has 0 aliphatic carbocycles. The Kier molecular flexibility index (Phi) is 5.91. The lowest BCUT2D eigenvalue weighted by atomic mass is 10.1. The standard InChI is InChI=1S/C11H15N3O5S/c1-6-5-20-8(13-6)4-12-11(19)14-7(10(17)18)2-3-9(15)16/h5,7H,2-4H2,1H3,(H,15,16)(H,17,18)(H2,12,14,19)/t7-/m0/s1. The molecule has 1 atom stereocenters. The zero-order valence-corrected chi connectivity index (χ0v) is 11.6. The maximum atomic E-state index is 11.5. The molecule has 20 heavy (non-hydrogen) atoms. The SMILES string of the molecule is Cc1csc(CNC(=O)N[C@@H](CCC(=O)O)C(=O)O)n1. The fourth-order valence-electron chi connectivity index (χ4n) is 1.37. The number of thiazole rings is 1. The Morgan fingerprint density at radius 1 is 1.40 bits per heavy atom. The van der Waals surface area contributed by atoms with E-state index < -0.39 is 24.0 Å². The van der Waals surface area contributed by atoms with E-state index in [9.17, 15) is 14.4 Å². The highest BCUT2D eigenvalue weighted by Crippen LogP contribution is 2.07. The molecule has 0 bridgehead atoms. The summed E-state index contributed by atoms with van der Waals surface area (Å²) in [6.45, 7) is 2.02. The van der Waals surface area contributed by atoms with Gasteiger partial charge in [-0.05, 0) is 13.3 Å². The minimum absolute atomic E-state index is 0.172. The van der Waals surface area contributed by atoms with Crippen molar-refractivity contribution < 1.29 is 24.6 Å². The lowest BCUT2D eigenvalue weighted by Crippen LogP contribution is -2.46. The fraction of sp³-hybridized carbons (Fsp3) is 0.455. The van der Waals surface area contributed by atoms with E-state index >= 15 is 0 Å². The van der Waals surface area contributed by atoms with Gasteiger partial charge in [0.25, 0.3) is 0 Å². The van der Waals surface area contributed by atoms with Crippen LogP contribution in [0.3, 0.4) is 0 Å². The Hall–Kier alpha value is -2.16. The van der Waals surface area contributed by atoms with E-state index in [4.69, 9.17) is 10.2 Å². The molecule has 0 unspecified atom stereocenters. The first kappa shape index (κ1) is 15.9. The molecule has 0 aliphatic heterocycles. The number of amides is 2. The average Bonchev–Trinajstić information content (AvgIpc) is 2.77. The first-order chi connectivity index (χ1) is 9.38. The van der Waals surface area contributed by atoms with E-state index in [2.05, 4.69) is 15.6 Å². The molecule has 1 heterocycles. The first-order valence-electron chi connectivity index (χ1n) is 5.78. The third-order valence-electron chi connectivity index (χ3n) is 2.32. The highest BCUT2D eigenvalue weighted by atomic mass is 32.1. The lowest BCUT2D eigenvalue weighted by Gasteiger charge is -2.13. The number of rotatable bonds is 7. The maximum absolute atomic E-state index is 11.5. The summed E-state index contributed by atoms with van der Waals surface area (Å²) in [4.78, 5) is 36.9. The summed E-state index contributed by atoms with van der Waals surface area (Å²) in [5.41, 5.74) is 0.845. The zero-order valence-electron chi connectivity index (χ0n) is 10.8. The molecule has 0 aromatic carbocycles. The third-order valence-corrected chi connectivity index (χ3v) is 3.28. The molecular formula is C11H15N3O5S. The van der Waals surface area contributed by atoms with E-state index in [1.807, 2.05) is 12.3 Å². The fourth-order valence-corrected chi connectivity index (χ4v) is 2.09. The number of carbonyl (C=O) groups is 3. The van der Waals surface area contributed by atoms with Crippen LogP contribution in [0.25, 0.3) is 0 Å². The van der Waals surface area contributed by atoms with Crippen LogP contribution in [0.2, 0.25) is 0 Å². The van der Waals surface area contributed by atoms with Gasteiger partial charge in [-0.2, -0.15) is 0 Å². The van der Waals surface area contributed by atoms with Crippen molar-refractivity contribution in [3.8, 4) is 0 Å². The van der Waals surface area contributed by atoms with Crippen LogP contribution in [0.15, 0.2) is 5.38 Å². The Morgan fingerprint density at radius 2 is 2.10 bits per heavy atom. The molecule has 0 spiro atoms. The summed E-state index contributed by atoms with van der Waals surface area (Å²) in [6, 6.07) is -1.90. The van der Waals surface area contributed by atoms with Gasteiger partial charge in [-0.1, -0.05) is 0 Å². The first-order valence-corrected chi connectivity index (χ1v) is 6.66. The molecule has 0 radical (unpaired) electrons. The summed E-state index contributed by atoms with van der Waals surface area (Å²) in [5, 5.41) is 24.6. The van der Waals surface area contributed by atoms with Crippen molar-refractivity contribution in [2.24, 2.45) is 0 Å². The number of urea groups is 1. The molecule has 0 aliphatic rings. The van der Waals surface area contributed by atoms with Crippen LogP contribution in [-0.4, -0.2) is 39.2 Å². The van der Waals surface area contributed by atoms with E-state index in [0.717, 1.165) is 5.69 Å². The van der Waals surface area contributed by atoms with Crippen LogP contribution >= 0.6 is 11.3 Å². The molecule has 0 fully saturated rings. The minimum atomic E-state index is -1.27. The lowest BCUT2D eigenvalue weighted by molar-refractivity contribution is -0.140. The molecule has 4 N–H and O–H groups in total. The predicted molar refractivity (Wildman–Crippen MR) is 70.5 cm³/mol. The van der Waals surface area contributed by atoms with Crippen molar-refractivity contribution in [3.05, 3.63) is 16.1 Å². The summed E-state index contributed by atoms with van der Waals surface area (Å²) in [5.74, 6) is -2.39. The van der Waals surface area contributed by atoms with Crippen LogP contribution in [0.4, 0.5) is 4.79 Å². The van der Waals surface area contributed by atoms with Crippen molar-refractivity contribution in [2.75, 3.05) is 0 Å². The maximum Gasteiger partial charge on any atom is 0.326 e. The zero-order chi connectivity index (χ0) is 15.1. The van der Waals surface area contributed by atoms with Crippen LogP contribution in [0, 0.1) is 6.92 Å². The second-order valence-electron chi connectivity index (χ2n) is 4.03. The highest BCUT2D eigenvalue weighted by molar-refractivity contribution is 7.09. The number of carboxylic acid groups (broad SMARTS) is 2. The number of aliphatic carboxylic acids is 2. The molecule has 8 nitrogen and oxygen atoms in total. The number of hydrogen-bond donors (Lipinski definition) is 4. The number of nitrogens with zero attached hydrogens (tertiary/aromatic N) is 1. The van der Waals surface area contributed by atoms with Gasteiger partial charge in [-0.3, -0.25) is 4.79 Å². The number of aromatic nitrogens is 1. The second-order valence-corrected chi connectivity index (χ2v) is 4.98. The number of carboxylic acids is 2. The molecule has 0 saturated carbocycles. The Labute approximate surface area is 118 Å². The number of aryl methyl sites for hydroxylation is 1. The van der Waals surface area contributed by atoms with Gasteiger partial charge in [0.05, 0.1) is 6.54 Å². The van der Waals surface area contributed by atoms with Crippen LogP contribution in [-0.2, 0) is 16.1 Å². The molecule has 1 rings (SSSR count). The predicted octanol–water partition coefficient (Wildman–Crippen LogP) is 0.569. The number of carbonyl (C=O) groups excluding carboxylic acids is 1. The molecule has 2 amide bonds. The van der Waals surface area contributed by atoms with Gasteiger partial charge in [-0.25, -0.2) is 14.6 Å². The van der Waals surface area contributed by atoms with E-state index in [1.165, 1.54) is 11.3 Å². The van der Waals surface area contributed by atoms with Gasteiger partial charge < -0.3 is 20.8 Å². The van der Waals surface area contributed by atoms with Crippen LogP contribution < -0.4 is 10.6 Å². The van der Waals surface area contributed by atoms with Crippen LogP contribution in [0.1, 0.15) is 23.5 Å². The highest BCUT2D eigenvalue weighted by Gasteiger charge is 2.20. The summed E-state index contributed by atoms with van der Waals surface area (Å²) in [7, 11) is 0. The van der Waals surface area contributed by atoms with E-state index in [-0.39, 0.29) is 19.4 Å². The molecule has 110 valence electrons. The minimum Gasteiger partial charge on any atom is -0.481 e. The topological polar surface area (TPSA) is 129 Å². The van der Waals surface area contributed by atoms with Gasteiger partial charge in [0.2, 0.25) is 0 Å². The second kappa shape index (κ2) is 7.43. The van der Waals surface area contributed by atoms with Crippen LogP contribution in [0.5, 0.6) is 0 Å². The Morgan fingerprint density at radius 3 is 2.60 bits per heavy atom. The van der Waals surface area contributed by atoms with Crippen molar-refractivity contribution in [1.82, 2.24) is 15.6 Å². The quantitative estimate of drug-likeness (QED) is 0.582. The van der Waals surface area contributed by atoms with Crippen molar-refractivity contribution >= 4 is 29.3 Å². The molecule has 0 saturated heterocycles. The smallest absolute Gasteiger partial charge is 0.326 e. The Bertz CT molecular complexity index is 502. The third kappa shape index (κ3) is 5.65. The molecule has 1 aromatic heterocycles. The summed E-state index contributed by atoms with van der Waals surface area (Å²) < 4.78 is 0. The monoisotopic (exact) mass is 301 g/mol. The summed E-state index contributed by atoms with van der Waals surface area (Å²) >= 11 is 1.38. The van der Waals surface area contributed by atoms with E-state index in [1.54, 1.807) is 0 Å². The van der Waals surface area contributed by atoms with Crippen molar-refractivity contribution in [1.29, 1.82) is 0 Å². The average molecular weight is 301 g/mol. The van der Waals surface area contributed by atoms with Crippen molar-refractivity contribution in [3.63, 3.8) is 0 Å². The van der Waals surface area contributed by atoms with Gasteiger partial charge in [0.1, 0.15) is 11.0 Å². The Balaban J connectivity index is 2.41. The van der Waals surface area contributed by atoms with Gasteiger partial charge in [0.15, 0.2) is 0 Å². The van der Waals surface area contributed by atoms with Crippen molar-refractivity contribution in [2.45, 2.75) is 32.4 Å². The summed E-state index contributed by atoms with van der Waals surface area (Å²) in [6.07, 6.45) is -0.503. The van der Waals surface area contributed by atoms with Gasteiger partial charge in [0, 0.05) is 17.5 Å². The molecule has 9 heteroatoms. The molecule has 1 aromatic rings. The van der Waals surface area contributed by atoms with E-state index in [0.29, 0.717) is 5.01 Å².